The summed E-state index contributed by atoms with van der Waals surface area (Å²) in [6, 6.07) is 5.69. The largest absolute Gasteiger partial charge is 0.314 e. The first-order valence-electron chi connectivity index (χ1n) is 7.53. The Morgan fingerprint density at radius 3 is 2.70 bits per heavy atom. The third-order valence-corrected chi connectivity index (χ3v) is 4.78. The summed E-state index contributed by atoms with van der Waals surface area (Å²) in [6.45, 7) is 8.47. The van der Waals surface area contributed by atoms with Crippen LogP contribution in [0, 0.1) is 15.3 Å². The summed E-state index contributed by atoms with van der Waals surface area (Å²) >= 11 is 2.27. The van der Waals surface area contributed by atoms with E-state index in [1.807, 2.05) is 12.1 Å². The van der Waals surface area contributed by atoms with Crippen molar-refractivity contribution in [2.75, 3.05) is 26.2 Å². The minimum Gasteiger partial charge on any atom is -0.314 e. The van der Waals surface area contributed by atoms with E-state index in [0.29, 0.717) is 5.92 Å². The average molecular weight is 390 g/mol. The van der Waals surface area contributed by atoms with E-state index in [4.69, 9.17) is 0 Å². The van der Waals surface area contributed by atoms with Gasteiger partial charge in [0, 0.05) is 41.4 Å². The molecule has 0 aliphatic carbocycles. The second-order valence-electron chi connectivity index (χ2n) is 5.66. The highest BCUT2D eigenvalue weighted by molar-refractivity contribution is 14.1. The number of halogens is 2. The van der Waals surface area contributed by atoms with Crippen LogP contribution in [0.3, 0.4) is 0 Å². The fraction of sp³-hybridized carbons (Fsp3) is 0.625. The fourth-order valence-corrected chi connectivity index (χ4v) is 3.69. The van der Waals surface area contributed by atoms with E-state index in [-0.39, 0.29) is 11.9 Å². The first kappa shape index (κ1) is 16.2. The van der Waals surface area contributed by atoms with Gasteiger partial charge in [-0.15, -0.1) is 0 Å². The van der Waals surface area contributed by atoms with Crippen LogP contribution >= 0.6 is 22.6 Å². The molecule has 1 fully saturated rings. The number of rotatable bonds is 5. The van der Waals surface area contributed by atoms with Crippen molar-refractivity contribution in [2.24, 2.45) is 5.92 Å². The van der Waals surface area contributed by atoms with E-state index >= 15 is 0 Å². The van der Waals surface area contributed by atoms with Crippen LogP contribution in [0.4, 0.5) is 4.39 Å². The number of piperazine rings is 1. The Morgan fingerprint density at radius 1 is 1.35 bits per heavy atom. The Balaban J connectivity index is 2.31. The number of benzene rings is 1. The van der Waals surface area contributed by atoms with E-state index < -0.39 is 0 Å². The highest BCUT2D eigenvalue weighted by atomic mass is 127. The van der Waals surface area contributed by atoms with Crippen LogP contribution in [0.15, 0.2) is 18.2 Å². The molecule has 112 valence electrons. The van der Waals surface area contributed by atoms with Gasteiger partial charge in [0.1, 0.15) is 5.82 Å². The number of hydrogen-bond donors (Lipinski definition) is 1. The monoisotopic (exact) mass is 390 g/mol. The van der Waals surface area contributed by atoms with Crippen molar-refractivity contribution in [1.29, 1.82) is 0 Å². The van der Waals surface area contributed by atoms with Crippen molar-refractivity contribution >= 4 is 22.6 Å². The van der Waals surface area contributed by atoms with E-state index in [2.05, 4.69) is 46.7 Å². The zero-order valence-electron chi connectivity index (χ0n) is 12.3. The van der Waals surface area contributed by atoms with Gasteiger partial charge in [0.15, 0.2) is 0 Å². The van der Waals surface area contributed by atoms with Crippen molar-refractivity contribution < 1.29 is 4.39 Å². The Kier molecular flexibility index (Phi) is 6.23. The van der Waals surface area contributed by atoms with Crippen LogP contribution in [0.2, 0.25) is 0 Å². The van der Waals surface area contributed by atoms with E-state index in [9.17, 15) is 4.39 Å². The lowest BCUT2D eigenvalue weighted by atomic mass is 9.89. The van der Waals surface area contributed by atoms with Gasteiger partial charge in [0.25, 0.3) is 0 Å². The highest BCUT2D eigenvalue weighted by Crippen LogP contribution is 2.34. The van der Waals surface area contributed by atoms with Crippen LogP contribution < -0.4 is 5.32 Å². The first-order chi connectivity index (χ1) is 9.63. The van der Waals surface area contributed by atoms with Crippen LogP contribution in [0.1, 0.15) is 38.3 Å². The molecule has 0 spiro atoms. The van der Waals surface area contributed by atoms with E-state index in [1.165, 1.54) is 0 Å². The van der Waals surface area contributed by atoms with Gasteiger partial charge in [0.2, 0.25) is 0 Å². The quantitative estimate of drug-likeness (QED) is 0.770. The van der Waals surface area contributed by atoms with Gasteiger partial charge in [-0.3, -0.25) is 4.90 Å². The molecule has 1 aliphatic heterocycles. The zero-order chi connectivity index (χ0) is 14.5. The molecule has 1 heterocycles. The molecular formula is C16H24FIN2. The van der Waals surface area contributed by atoms with Crippen LogP contribution in [-0.4, -0.2) is 31.1 Å². The van der Waals surface area contributed by atoms with Crippen molar-refractivity contribution in [1.82, 2.24) is 10.2 Å². The predicted octanol–water partition coefficient (Wildman–Crippen LogP) is 3.81. The highest BCUT2D eigenvalue weighted by Gasteiger charge is 2.29. The summed E-state index contributed by atoms with van der Waals surface area (Å²) in [5, 5.41) is 3.38. The lowest BCUT2D eigenvalue weighted by Gasteiger charge is -2.39. The molecule has 1 aromatic rings. The van der Waals surface area contributed by atoms with Crippen molar-refractivity contribution in [3.63, 3.8) is 0 Å². The van der Waals surface area contributed by atoms with Crippen LogP contribution in [0.5, 0.6) is 0 Å². The maximum atomic E-state index is 14.3. The third-order valence-electron chi connectivity index (χ3n) is 4.10. The molecule has 0 bridgehead atoms. The van der Waals surface area contributed by atoms with Crippen LogP contribution in [-0.2, 0) is 0 Å². The lowest BCUT2D eigenvalue weighted by molar-refractivity contribution is 0.123. The summed E-state index contributed by atoms with van der Waals surface area (Å²) in [7, 11) is 0. The van der Waals surface area contributed by atoms with Gasteiger partial charge in [-0.2, -0.15) is 0 Å². The summed E-state index contributed by atoms with van der Waals surface area (Å²) in [5.74, 6) is 0.419. The zero-order valence-corrected chi connectivity index (χ0v) is 14.5. The number of nitrogens with zero attached hydrogens (tertiary/aromatic N) is 1. The molecule has 0 radical (unpaired) electrons. The minimum absolute atomic E-state index is 0.0584. The molecular weight excluding hydrogens is 366 g/mol. The third kappa shape index (κ3) is 3.92. The smallest absolute Gasteiger partial charge is 0.128 e. The fourth-order valence-electron chi connectivity index (χ4n) is 3.18. The van der Waals surface area contributed by atoms with Gasteiger partial charge in [-0.05, 0) is 53.1 Å². The van der Waals surface area contributed by atoms with Gasteiger partial charge in [0.05, 0.1) is 0 Å². The van der Waals surface area contributed by atoms with Gasteiger partial charge < -0.3 is 5.32 Å². The first-order valence-corrected chi connectivity index (χ1v) is 8.61. The summed E-state index contributed by atoms with van der Waals surface area (Å²) in [4.78, 5) is 2.45. The molecule has 2 rings (SSSR count). The molecule has 1 saturated heterocycles. The molecule has 0 saturated carbocycles. The Labute approximate surface area is 135 Å². The molecule has 20 heavy (non-hydrogen) atoms. The minimum atomic E-state index is -0.0584. The second-order valence-corrected chi connectivity index (χ2v) is 6.91. The molecule has 1 aromatic carbocycles. The Bertz CT molecular complexity index is 432. The molecule has 0 aromatic heterocycles. The number of nitrogens with one attached hydrogen (secondary N) is 1. The summed E-state index contributed by atoms with van der Waals surface area (Å²) in [6.07, 6.45) is 2.29. The topological polar surface area (TPSA) is 15.3 Å². The van der Waals surface area contributed by atoms with E-state index in [0.717, 1.165) is 48.2 Å². The van der Waals surface area contributed by atoms with Gasteiger partial charge in [-0.25, -0.2) is 4.39 Å². The van der Waals surface area contributed by atoms with Gasteiger partial charge in [-0.1, -0.05) is 20.3 Å². The summed E-state index contributed by atoms with van der Waals surface area (Å²) in [5.41, 5.74) is 0.875. The SMILES string of the molecule is CCCC(C)[C@@H](c1cc(I)ccc1F)N1CCNCC1. The molecule has 4 heteroatoms. The van der Waals surface area contributed by atoms with Crippen molar-refractivity contribution in [3.8, 4) is 0 Å². The average Bonchev–Trinajstić information content (AvgIpc) is 2.44. The number of hydrogen-bond acceptors (Lipinski definition) is 2. The Morgan fingerprint density at radius 2 is 2.05 bits per heavy atom. The van der Waals surface area contributed by atoms with Gasteiger partial charge >= 0.3 is 0 Å². The maximum Gasteiger partial charge on any atom is 0.128 e. The second kappa shape index (κ2) is 7.71. The molecule has 1 aliphatic rings. The van der Waals surface area contributed by atoms with Crippen LogP contribution in [0.25, 0.3) is 0 Å². The van der Waals surface area contributed by atoms with Crippen molar-refractivity contribution in [2.45, 2.75) is 32.7 Å². The molecule has 2 atom stereocenters. The van der Waals surface area contributed by atoms with E-state index in [1.54, 1.807) is 6.07 Å². The Hall–Kier alpha value is -0.200. The molecule has 1 unspecified atom stereocenters. The molecule has 1 N–H and O–H groups in total. The lowest BCUT2D eigenvalue weighted by Crippen LogP contribution is -2.46. The molecule has 2 nitrogen and oxygen atoms in total. The maximum absolute atomic E-state index is 14.3. The van der Waals surface area contributed by atoms with Crippen molar-refractivity contribution in [3.05, 3.63) is 33.1 Å². The standard InChI is InChI=1S/C16H24FIN2/c1-3-4-12(2)16(20-9-7-19-8-10-20)14-11-13(18)5-6-15(14)17/h5-6,11-12,16,19H,3-4,7-10H2,1-2H3/t12?,16-/m0/s1. The normalized spacial score (nSPS) is 19.8. The predicted molar refractivity (Wildman–Crippen MR) is 90.4 cm³/mol. The molecule has 0 amide bonds. The summed E-state index contributed by atoms with van der Waals surface area (Å²) < 4.78 is 15.4.